The van der Waals surface area contributed by atoms with Crippen LogP contribution in [0.5, 0.6) is 17.2 Å². The fourth-order valence-electron chi connectivity index (χ4n) is 1.95. The number of hydrogen-bond acceptors (Lipinski definition) is 4. The van der Waals surface area contributed by atoms with Gasteiger partial charge in [-0.3, -0.25) is 0 Å². The molecule has 0 amide bonds. The highest BCUT2D eigenvalue weighted by atomic mass is 19.3. The van der Waals surface area contributed by atoms with Crippen LogP contribution in [0.3, 0.4) is 0 Å². The van der Waals surface area contributed by atoms with Gasteiger partial charge in [0.25, 0.3) is 0 Å². The Morgan fingerprint density at radius 2 is 1.83 bits per heavy atom. The molecule has 2 aromatic rings. The summed E-state index contributed by atoms with van der Waals surface area (Å²) in [5, 5.41) is 8.92. The lowest BCUT2D eigenvalue weighted by Crippen LogP contribution is -2.06. The van der Waals surface area contributed by atoms with Gasteiger partial charge in [0.05, 0.1) is 18.2 Å². The molecular weight excluding hydrogens is 304 g/mol. The van der Waals surface area contributed by atoms with Crippen molar-refractivity contribution in [2.45, 2.75) is 20.1 Å². The van der Waals surface area contributed by atoms with Crippen molar-refractivity contribution < 1.29 is 23.0 Å². The van der Waals surface area contributed by atoms with Crippen molar-refractivity contribution in [1.82, 2.24) is 0 Å². The number of rotatable bonds is 7. The molecule has 0 heterocycles. The minimum absolute atomic E-state index is 0.0366. The Kier molecular flexibility index (Phi) is 5.75. The van der Waals surface area contributed by atoms with Gasteiger partial charge in [-0.1, -0.05) is 18.2 Å². The maximum absolute atomic E-state index is 12.4. The Morgan fingerprint density at radius 3 is 2.52 bits per heavy atom. The molecule has 0 aliphatic rings. The molecule has 23 heavy (non-hydrogen) atoms. The zero-order chi connectivity index (χ0) is 16.7. The lowest BCUT2D eigenvalue weighted by Gasteiger charge is -2.14. The molecule has 0 saturated carbocycles. The summed E-state index contributed by atoms with van der Waals surface area (Å²) in [7, 11) is 0. The quantitative estimate of drug-likeness (QED) is 0.770. The van der Waals surface area contributed by atoms with Gasteiger partial charge in [-0.05, 0) is 25.1 Å². The zero-order valence-electron chi connectivity index (χ0n) is 12.5. The SMILES string of the molecule is CCOc1cc(C#N)ccc1OCc1ccccc1OC(F)F. The van der Waals surface area contributed by atoms with Crippen molar-refractivity contribution in [2.24, 2.45) is 0 Å². The van der Waals surface area contributed by atoms with Crippen molar-refractivity contribution >= 4 is 0 Å². The van der Waals surface area contributed by atoms with Gasteiger partial charge in [0.15, 0.2) is 11.5 Å². The molecule has 2 aromatic carbocycles. The Bertz CT molecular complexity index is 698. The van der Waals surface area contributed by atoms with E-state index in [-0.39, 0.29) is 12.4 Å². The highest BCUT2D eigenvalue weighted by Crippen LogP contribution is 2.30. The van der Waals surface area contributed by atoms with Crippen LogP contribution in [0.2, 0.25) is 0 Å². The van der Waals surface area contributed by atoms with E-state index in [1.165, 1.54) is 6.07 Å². The number of ether oxygens (including phenoxy) is 3. The number of halogens is 2. The number of nitrogens with zero attached hydrogens (tertiary/aromatic N) is 1. The maximum atomic E-state index is 12.4. The fraction of sp³-hybridized carbons (Fsp3) is 0.235. The highest BCUT2D eigenvalue weighted by molar-refractivity contribution is 5.47. The Morgan fingerprint density at radius 1 is 1.04 bits per heavy atom. The number of para-hydroxylation sites is 1. The Hall–Kier alpha value is -2.81. The average molecular weight is 319 g/mol. The van der Waals surface area contributed by atoms with Crippen LogP contribution in [0.4, 0.5) is 8.78 Å². The summed E-state index contributed by atoms with van der Waals surface area (Å²) in [6.45, 7) is -0.634. The normalized spacial score (nSPS) is 10.2. The van der Waals surface area contributed by atoms with E-state index in [2.05, 4.69) is 4.74 Å². The molecule has 0 aliphatic heterocycles. The summed E-state index contributed by atoms with van der Waals surface area (Å²) >= 11 is 0. The number of nitriles is 1. The molecule has 0 atom stereocenters. The third kappa shape index (κ3) is 4.58. The van der Waals surface area contributed by atoms with Crippen molar-refractivity contribution in [3.63, 3.8) is 0 Å². The van der Waals surface area contributed by atoms with Crippen molar-refractivity contribution in [3.05, 3.63) is 53.6 Å². The molecule has 0 saturated heterocycles. The van der Waals surface area contributed by atoms with E-state index in [1.807, 2.05) is 13.0 Å². The zero-order valence-corrected chi connectivity index (χ0v) is 12.5. The lowest BCUT2D eigenvalue weighted by molar-refractivity contribution is -0.0508. The van der Waals surface area contributed by atoms with Crippen LogP contribution < -0.4 is 14.2 Å². The predicted octanol–water partition coefficient (Wildman–Crippen LogP) is 4.14. The second-order valence-electron chi connectivity index (χ2n) is 4.48. The first-order valence-electron chi connectivity index (χ1n) is 6.96. The summed E-state index contributed by atoms with van der Waals surface area (Å²) in [5.41, 5.74) is 0.932. The van der Waals surface area contributed by atoms with Gasteiger partial charge in [0, 0.05) is 11.6 Å². The fourth-order valence-corrected chi connectivity index (χ4v) is 1.95. The van der Waals surface area contributed by atoms with Crippen LogP contribution >= 0.6 is 0 Å². The molecule has 0 aliphatic carbocycles. The third-order valence-corrected chi connectivity index (χ3v) is 2.94. The average Bonchev–Trinajstić information content (AvgIpc) is 2.54. The third-order valence-electron chi connectivity index (χ3n) is 2.94. The molecule has 2 rings (SSSR count). The van der Waals surface area contributed by atoms with Crippen LogP contribution in [0.15, 0.2) is 42.5 Å². The van der Waals surface area contributed by atoms with Crippen LogP contribution in [0.25, 0.3) is 0 Å². The second kappa shape index (κ2) is 7.99. The van der Waals surface area contributed by atoms with Crippen molar-refractivity contribution in [3.8, 4) is 23.3 Å². The van der Waals surface area contributed by atoms with E-state index in [0.29, 0.717) is 29.2 Å². The summed E-state index contributed by atoms with van der Waals surface area (Å²) in [4.78, 5) is 0. The minimum atomic E-state index is -2.90. The standard InChI is InChI=1S/C17H15F2NO3/c1-2-21-16-9-12(10-20)7-8-15(16)22-11-13-5-3-4-6-14(13)23-17(18)19/h3-9,17H,2,11H2,1H3. The van der Waals surface area contributed by atoms with Crippen LogP contribution in [0, 0.1) is 11.3 Å². The molecule has 0 unspecified atom stereocenters. The van der Waals surface area contributed by atoms with Gasteiger partial charge in [-0.25, -0.2) is 0 Å². The van der Waals surface area contributed by atoms with Gasteiger partial charge < -0.3 is 14.2 Å². The molecule has 0 fully saturated rings. The predicted molar refractivity (Wildman–Crippen MR) is 79.7 cm³/mol. The molecule has 0 bridgehead atoms. The van der Waals surface area contributed by atoms with Gasteiger partial charge in [0.1, 0.15) is 12.4 Å². The molecular formula is C17H15F2NO3. The second-order valence-corrected chi connectivity index (χ2v) is 4.48. The van der Waals surface area contributed by atoms with Crippen molar-refractivity contribution in [2.75, 3.05) is 6.61 Å². The summed E-state index contributed by atoms with van der Waals surface area (Å²) in [6.07, 6.45) is 0. The summed E-state index contributed by atoms with van der Waals surface area (Å²) in [6, 6.07) is 13.2. The molecule has 120 valence electrons. The lowest BCUT2D eigenvalue weighted by atomic mass is 10.2. The maximum Gasteiger partial charge on any atom is 0.387 e. The van der Waals surface area contributed by atoms with Crippen LogP contribution in [-0.2, 0) is 6.61 Å². The number of alkyl halides is 2. The first-order chi connectivity index (χ1) is 11.1. The van der Waals surface area contributed by atoms with E-state index in [1.54, 1.807) is 36.4 Å². The van der Waals surface area contributed by atoms with Gasteiger partial charge >= 0.3 is 6.61 Å². The highest BCUT2D eigenvalue weighted by Gasteiger charge is 2.11. The topological polar surface area (TPSA) is 51.5 Å². The smallest absolute Gasteiger partial charge is 0.387 e. The monoisotopic (exact) mass is 319 g/mol. The van der Waals surface area contributed by atoms with Gasteiger partial charge in [-0.15, -0.1) is 0 Å². The first-order valence-corrected chi connectivity index (χ1v) is 6.96. The van der Waals surface area contributed by atoms with Crippen molar-refractivity contribution in [1.29, 1.82) is 5.26 Å². The van der Waals surface area contributed by atoms with E-state index >= 15 is 0 Å². The van der Waals surface area contributed by atoms with E-state index < -0.39 is 6.61 Å². The molecule has 4 nitrogen and oxygen atoms in total. The Labute approximate surface area is 132 Å². The molecule has 0 radical (unpaired) electrons. The molecule has 6 heteroatoms. The number of benzene rings is 2. The first kappa shape index (κ1) is 16.6. The molecule has 0 N–H and O–H groups in total. The van der Waals surface area contributed by atoms with Crippen LogP contribution in [-0.4, -0.2) is 13.2 Å². The summed E-state index contributed by atoms with van der Waals surface area (Å²) in [5.74, 6) is 0.922. The molecule has 0 spiro atoms. The van der Waals surface area contributed by atoms with Gasteiger partial charge in [0.2, 0.25) is 0 Å². The van der Waals surface area contributed by atoms with E-state index in [9.17, 15) is 8.78 Å². The van der Waals surface area contributed by atoms with E-state index in [4.69, 9.17) is 14.7 Å². The number of hydrogen-bond donors (Lipinski definition) is 0. The Balaban J connectivity index is 2.16. The minimum Gasteiger partial charge on any atom is -0.490 e. The molecule has 0 aromatic heterocycles. The van der Waals surface area contributed by atoms with Crippen LogP contribution in [0.1, 0.15) is 18.1 Å². The van der Waals surface area contributed by atoms with Gasteiger partial charge in [-0.2, -0.15) is 14.0 Å². The summed E-state index contributed by atoms with van der Waals surface area (Å²) < 4.78 is 40.3. The largest absolute Gasteiger partial charge is 0.490 e. The van der Waals surface area contributed by atoms with E-state index in [0.717, 1.165) is 0 Å².